The van der Waals surface area contributed by atoms with Crippen LogP contribution in [0.15, 0.2) is 0 Å². The Morgan fingerprint density at radius 1 is 2.00 bits per heavy atom. The molecule has 0 aliphatic heterocycles. The standard InChI is InChI=1S/C3H7IN2OS/c4-6-2(1-8)3(5)7/h2,6,8H,1H2,(H2,5,7). The normalized spacial score (nSPS) is 13.2. The zero-order valence-corrected chi connectivity index (χ0v) is 7.15. The summed E-state index contributed by atoms with van der Waals surface area (Å²) in [6, 6.07) is -0.307. The number of hydrogen-bond donors (Lipinski definition) is 3. The Morgan fingerprint density at radius 3 is 2.50 bits per heavy atom. The highest BCUT2D eigenvalue weighted by Gasteiger charge is 2.08. The predicted molar refractivity (Wildman–Crippen MR) is 44.0 cm³/mol. The zero-order chi connectivity index (χ0) is 6.57. The van der Waals surface area contributed by atoms with Crippen LogP contribution in [0.5, 0.6) is 0 Å². The number of hydrogen-bond acceptors (Lipinski definition) is 3. The first kappa shape index (κ1) is 8.51. The Balaban J connectivity index is 3.52. The lowest BCUT2D eigenvalue weighted by Gasteiger charge is -2.04. The van der Waals surface area contributed by atoms with Crippen LogP contribution in [0.1, 0.15) is 0 Å². The third-order valence-corrected chi connectivity index (χ3v) is 1.77. The minimum absolute atomic E-state index is 0.307. The van der Waals surface area contributed by atoms with Gasteiger partial charge in [-0.25, -0.2) is 3.53 Å². The number of rotatable bonds is 3. The molecule has 0 aliphatic carbocycles. The molecule has 3 N–H and O–H groups in total. The molecule has 0 aromatic heterocycles. The molecule has 0 aromatic rings. The van der Waals surface area contributed by atoms with Crippen LogP contribution >= 0.6 is 35.5 Å². The van der Waals surface area contributed by atoms with E-state index in [-0.39, 0.29) is 11.9 Å². The van der Waals surface area contributed by atoms with Crippen LogP contribution in [-0.4, -0.2) is 17.7 Å². The van der Waals surface area contributed by atoms with E-state index in [0.29, 0.717) is 5.75 Å². The summed E-state index contributed by atoms with van der Waals surface area (Å²) >= 11 is 5.73. The van der Waals surface area contributed by atoms with E-state index in [1.165, 1.54) is 0 Å². The first-order valence-corrected chi connectivity index (χ1v) is 3.69. The van der Waals surface area contributed by atoms with Gasteiger partial charge in [-0.1, -0.05) is 0 Å². The molecule has 0 bridgehead atoms. The molecule has 0 radical (unpaired) electrons. The van der Waals surface area contributed by atoms with E-state index < -0.39 is 0 Å². The van der Waals surface area contributed by atoms with Gasteiger partial charge in [0.25, 0.3) is 0 Å². The summed E-state index contributed by atoms with van der Waals surface area (Å²) in [5.41, 5.74) is 4.90. The SMILES string of the molecule is NC(=O)C(CS)NI. The van der Waals surface area contributed by atoms with E-state index in [4.69, 9.17) is 5.73 Å². The van der Waals surface area contributed by atoms with Gasteiger partial charge >= 0.3 is 0 Å². The fourth-order valence-corrected chi connectivity index (χ4v) is 1.32. The first-order chi connectivity index (χ1) is 3.72. The maximum absolute atomic E-state index is 10.3. The molecule has 0 saturated heterocycles. The highest BCUT2D eigenvalue weighted by atomic mass is 127. The number of thiol groups is 1. The molecule has 5 heteroatoms. The average molecular weight is 246 g/mol. The zero-order valence-electron chi connectivity index (χ0n) is 4.10. The Bertz CT molecular complexity index is 85.4. The van der Waals surface area contributed by atoms with Crippen molar-refractivity contribution < 1.29 is 4.79 Å². The van der Waals surface area contributed by atoms with Gasteiger partial charge in [-0.3, -0.25) is 4.79 Å². The van der Waals surface area contributed by atoms with Gasteiger partial charge in [-0.2, -0.15) is 12.6 Å². The lowest BCUT2D eigenvalue weighted by atomic mass is 10.3. The number of carbonyl (C=O) groups is 1. The summed E-state index contributed by atoms with van der Waals surface area (Å²) < 4.78 is 2.67. The second-order valence-corrected chi connectivity index (χ2v) is 2.23. The van der Waals surface area contributed by atoms with E-state index in [1.807, 2.05) is 22.9 Å². The molecule has 1 atom stereocenters. The highest BCUT2D eigenvalue weighted by molar-refractivity contribution is 14.1. The Morgan fingerprint density at radius 2 is 2.50 bits per heavy atom. The molecule has 0 aliphatic rings. The molecule has 3 nitrogen and oxygen atoms in total. The molecular weight excluding hydrogens is 239 g/mol. The topological polar surface area (TPSA) is 55.1 Å². The molecule has 0 spiro atoms. The molecule has 8 heavy (non-hydrogen) atoms. The van der Waals surface area contributed by atoms with Crippen molar-refractivity contribution in [2.75, 3.05) is 5.75 Å². The van der Waals surface area contributed by atoms with Crippen LogP contribution in [-0.2, 0) is 4.79 Å². The van der Waals surface area contributed by atoms with Crippen molar-refractivity contribution in [3.8, 4) is 0 Å². The monoisotopic (exact) mass is 246 g/mol. The van der Waals surface area contributed by atoms with Crippen LogP contribution in [0.3, 0.4) is 0 Å². The van der Waals surface area contributed by atoms with Crippen LogP contribution in [0.2, 0.25) is 0 Å². The Kier molecular flexibility index (Phi) is 4.68. The van der Waals surface area contributed by atoms with Crippen LogP contribution in [0.4, 0.5) is 0 Å². The van der Waals surface area contributed by atoms with Gasteiger partial charge in [0.2, 0.25) is 5.91 Å². The average Bonchev–Trinajstić information content (AvgIpc) is 1.69. The van der Waals surface area contributed by atoms with E-state index >= 15 is 0 Å². The summed E-state index contributed by atoms with van der Waals surface area (Å²) in [6.45, 7) is 0. The van der Waals surface area contributed by atoms with E-state index in [0.717, 1.165) is 0 Å². The number of halogens is 1. The minimum atomic E-state index is -0.366. The van der Waals surface area contributed by atoms with E-state index in [1.54, 1.807) is 0 Å². The van der Waals surface area contributed by atoms with Gasteiger partial charge in [-0.05, 0) is 0 Å². The van der Waals surface area contributed by atoms with Crippen molar-refractivity contribution in [2.45, 2.75) is 6.04 Å². The third-order valence-electron chi connectivity index (χ3n) is 0.658. The lowest BCUT2D eigenvalue weighted by molar-refractivity contribution is -0.118. The van der Waals surface area contributed by atoms with Crippen molar-refractivity contribution in [2.24, 2.45) is 5.73 Å². The Hall–Kier alpha value is 0.510. The largest absolute Gasteiger partial charge is 0.368 e. The fraction of sp³-hybridized carbons (Fsp3) is 0.667. The maximum Gasteiger partial charge on any atom is 0.236 e. The predicted octanol–water partition coefficient (Wildman–Crippen LogP) is -0.290. The van der Waals surface area contributed by atoms with Gasteiger partial charge in [0.15, 0.2) is 0 Å². The minimum Gasteiger partial charge on any atom is -0.368 e. The number of nitrogens with one attached hydrogen (secondary N) is 1. The van der Waals surface area contributed by atoms with Crippen LogP contribution in [0.25, 0.3) is 0 Å². The number of primary amides is 1. The fourth-order valence-electron chi connectivity index (χ4n) is 0.178. The van der Waals surface area contributed by atoms with Crippen LogP contribution in [0, 0.1) is 0 Å². The lowest BCUT2D eigenvalue weighted by Crippen LogP contribution is -2.37. The molecule has 48 valence electrons. The molecule has 0 rings (SSSR count). The number of amides is 1. The van der Waals surface area contributed by atoms with Gasteiger partial charge in [-0.15, -0.1) is 0 Å². The second-order valence-electron chi connectivity index (χ2n) is 1.25. The summed E-state index contributed by atoms with van der Waals surface area (Å²) in [4.78, 5) is 10.3. The van der Waals surface area contributed by atoms with Gasteiger partial charge in [0.05, 0.1) is 0 Å². The molecule has 0 aromatic carbocycles. The number of nitrogens with two attached hydrogens (primary N) is 1. The van der Waals surface area contributed by atoms with E-state index in [2.05, 4.69) is 16.2 Å². The van der Waals surface area contributed by atoms with Gasteiger partial charge in [0.1, 0.15) is 6.04 Å². The summed E-state index contributed by atoms with van der Waals surface area (Å²) in [5.74, 6) is 0.0764. The highest BCUT2D eigenvalue weighted by Crippen LogP contribution is 1.88. The molecule has 0 fully saturated rings. The van der Waals surface area contributed by atoms with Crippen molar-refractivity contribution >= 4 is 41.4 Å². The molecule has 0 heterocycles. The summed E-state index contributed by atoms with van der Waals surface area (Å²) in [6.07, 6.45) is 0. The van der Waals surface area contributed by atoms with Crippen molar-refractivity contribution in [3.63, 3.8) is 0 Å². The van der Waals surface area contributed by atoms with E-state index in [9.17, 15) is 4.79 Å². The maximum atomic E-state index is 10.3. The molecular formula is C3H7IN2OS. The van der Waals surface area contributed by atoms with Crippen molar-refractivity contribution in [1.29, 1.82) is 0 Å². The second kappa shape index (κ2) is 4.39. The molecule has 1 amide bonds. The first-order valence-electron chi connectivity index (χ1n) is 1.98. The molecule has 0 saturated carbocycles. The Labute approximate surface area is 67.3 Å². The summed E-state index contributed by atoms with van der Waals surface area (Å²) in [5, 5.41) is 0. The molecule has 1 unspecified atom stereocenters. The quantitative estimate of drug-likeness (QED) is 0.364. The third kappa shape index (κ3) is 2.73. The van der Waals surface area contributed by atoms with Gasteiger partial charge in [0, 0.05) is 28.6 Å². The smallest absolute Gasteiger partial charge is 0.236 e. The van der Waals surface area contributed by atoms with Crippen molar-refractivity contribution in [3.05, 3.63) is 0 Å². The number of carbonyl (C=O) groups excluding carboxylic acids is 1. The summed E-state index contributed by atoms with van der Waals surface area (Å²) in [7, 11) is 0. The van der Waals surface area contributed by atoms with Gasteiger partial charge < -0.3 is 5.73 Å². The van der Waals surface area contributed by atoms with Crippen molar-refractivity contribution in [1.82, 2.24) is 3.53 Å². The van der Waals surface area contributed by atoms with Crippen LogP contribution < -0.4 is 9.26 Å².